The van der Waals surface area contributed by atoms with Crippen LogP contribution in [0.1, 0.15) is 41.0 Å². The Labute approximate surface area is 162 Å². The second kappa shape index (κ2) is 10.1. The van der Waals surface area contributed by atoms with E-state index in [-0.39, 0.29) is 16.8 Å². The van der Waals surface area contributed by atoms with E-state index in [4.69, 9.17) is 14.2 Å². The fourth-order valence-corrected chi connectivity index (χ4v) is 2.30. The summed E-state index contributed by atoms with van der Waals surface area (Å²) in [5.41, 5.74) is 0.322. The molecule has 0 radical (unpaired) electrons. The van der Waals surface area contributed by atoms with Crippen molar-refractivity contribution in [1.82, 2.24) is 0 Å². The Morgan fingerprint density at radius 1 is 0.964 bits per heavy atom. The number of non-ortho nitro benzene ring substituents is 1. The summed E-state index contributed by atoms with van der Waals surface area (Å²) < 4.78 is 16.1. The smallest absolute Gasteiger partial charge is 0.338 e. The third kappa shape index (κ3) is 5.54. The van der Waals surface area contributed by atoms with Crippen LogP contribution in [0.5, 0.6) is 11.5 Å². The standard InChI is InChI=1S/C20H21NO7/c1-3-11-27-18-10-7-15(12-19(18)26-4-2)20(23)28-13-17(22)14-5-8-16(9-6-14)21(24)25/h5-10,12H,3-4,11,13H2,1-2H3. The minimum absolute atomic E-state index is 0.123. The normalized spacial score (nSPS) is 10.2. The molecule has 0 aromatic heterocycles. The number of carbonyl (C=O) groups excluding carboxylic acids is 2. The molecule has 28 heavy (non-hydrogen) atoms. The highest BCUT2D eigenvalue weighted by molar-refractivity contribution is 5.99. The number of hydrogen-bond acceptors (Lipinski definition) is 7. The minimum Gasteiger partial charge on any atom is -0.490 e. The van der Waals surface area contributed by atoms with Crippen LogP contribution in [0.25, 0.3) is 0 Å². The van der Waals surface area contributed by atoms with Crippen molar-refractivity contribution in [3.8, 4) is 11.5 Å². The largest absolute Gasteiger partial charge is 0.490 e. The van der Waals surface area contributed by atoms with Gasteiger partial charge in [-0.25, -0.2) is 4.79 Å². The lowest BCUT2D eigenvalue weighted by Gasteiger charge is -2.12. The summed E-state index contributed by atoms with van der Waals surface area (Å²) in [7, 11) is 0. The number of carbonyl (C=O) groups is 2. The first-order valence-corrected chi connectivity index (χ1v) is 8.80. The summed E-state index contributed by atoms with van der Waals surface area (Å²) in [5, 5.41) is 10.6. The summed E-state index contributed by atoms with van der Waals surface area (Å²) in [6, 6.07) is 9.74. The van der Waals surface area contributed by atoms with Crippen molar-refractivity contribution in [2.45, 2.75) is 20.3 Å². The van der Waals surface area contributed by atoms with E-state index >= 15 is 0 Å². The van der Waals surface area contributed by atoms with Gasteiger partial charge in [-0.05, 0) is 43.7 Å². The van der Waals surface area contributed by atoms with Crippen LogP contribution in [0.4, 0.5) is 5.69 Å². The zero-order valence-electron chi connectivity index (χ0n) is 15.7. The Morgan fingerprint density at radius 3 is 2.25 bits per heavy atom. The van der Waals surface area contributed by atoms with Crippen LogP contribution in [0.15, 0.2) is 42.5 Å². The Balaban J connectivity index is 2.02. The number of rotatable bonds is 10. The zero-order valence-corrected chi connectivity index (χ0v) is 15.7. The lowest BCUT2D eigenvalue weighted by Crippen LogP contribution is -2.14. The lowest BCUT2D eigenvalue weighted by atomic mass is 10.1. The fraction of sp³-hybridized carbons (Fsp3) is 0.300. The van der Waals surface area contributed by atoms with E-state index in [2.05, 4.69) is 0 Å². The van der Waals surface area contributed by atoms with Gasteiger partial charge in [-0.3, -0.25) is 14.9 Å². The molecule has 0 spiro atoms. The van der Waals surface area contributed by atoms with Crippen molar-refractivity contribution >= 4 is 17.4 Å². The SMILES string of the molecule is CCCOc1ccc(C(=O)OCC(=O)c2ccc([N+](=O)[O-])cc2)cc1OCC. The molecule has 0 heterocycles. The summed E-state index contributed by atoms with van der Waals surface area (Å²) in [6.07, 6.45) is 0.833. The van der Waals surface area contributed by atoms with E-state index in [1.54, 1.807) is 6.07 Å². The van der Waals surface area contributed by atoms with E-state index in [1.165, 1.54) is 36.4 Å². The van der Waals surface area contributed by atoms with Gasteiger partial charge in [0.2, 0.25) is 0 Å². The molecule has 0 saturated carbocycles. The van der Waals surface area contributed by atoms with Gasteiger partial charge in [-0.15, -0.1) is 0 Å². The molecule has 2 aromatic carbocycles. The lowest BCUT2D eigenvalue weighted by molar-refractivity contribution is -0.384. The van der Waals surface area contributed by atoms with Crippen LogP contribution < -0.4 is 9.47 Å². The third-order valence-electron chi connectivity index (χ3n) is 3.68. The van der Waals surface area contributed by atoms with Crippen LogP contribution in [-0.2, 0) is 4.74 Å². The second-order valence-electron chi connectivity index (χ2n) is 5.75. The van der Waals surface area contributed by atoms with E-state index < -0.39 is 23.3 Å². The Kier molecular flexibility index (Phi) is 7.50. The molecule has 2 aromatic rings. The van der Waals surface area contributed by atoms with E-state index in [9.17, 15) is 19.7 Å². The number of ketones is 1. The van der Waals surface area contributed by atoms with Gasteiger partial charge in [0.1, 0.15) is 0 Å². The fourth-order valence-electron chi connectivity index (χ4n) is 2.30. The van der Waals surface area contributed by atoms with E-state index in [0.29, 0.717) is 24.7 Å². The maximum absolute atomic E-state index is 12.2. The highest BCUT2D eigenvalue weighted by Crippen LogP contribution is 2.29. The number of ether oxygens (including phenoxy) is 3. The van der Waals surface area contributed by atoms with Gasteiger partial charge in [0.15, 0.2) is 23.9 Å². The molecular weight excluding hydrogens is 366 g/mol. The molecule has 2 rings (SSSR count). The predicted molar refractivity (Wildman–Crippen MR) is 101 cm³/mol. The molecule has 0 aliphatic carbocycles. The number of esters is 1. The number of nitro benzene ring substituents is 1. The first-order valence-electron chi connectivity index (χ1n) is 8.80. The molecule has 148 valence electrons. The van der Waals surface area contributed by atoms with E-state index in [0.717, 1.165) is 6.42 Å². The van der Waals surface area contributed by atoms with Crippen molar-refractivity contribution in [2.24, 2.45) is 0 Å². The highest BCUT2D eigenvalue weighted by Gasteiger charge is 2.16. The maximum atomic E-state index is 12.2. The Morgan fingerprint density at radius 2 is 1.64 bits per heavy atom. The monoisotopic (exact) mass is 387 g/mol. The van der Waals surface area contributed by atoms with Crippen LogP contribution >= 0.6 is 0 Å². The topological polar surface area (TPSA) is 105 Å². The number of nitro groups is 1. The molecule has 0 saturated heterocycles. The van der Waals surface area contributed by atoms with Crippen LogP contribution in [0.2, 0.25) is 0 Å². The van der Waals surface area contributed by atoms with E-state index in [1.807, 2.05) is 13.8 Å². The quantitative estimate of drug-likeness (QED) is 0.264. The van der Waals surface area contributed by atoms with Gasteiger partial charge in [0, 0.05) is 17.7 Å². The van der Waals surface area contributed by atoms with Crippen molar-refractivity contribution in [2.75, 3.05) is 19.8 Å². The van der Waals surface area contributed by atoms with Crippen molar-refractivity contribution in [3.63, 3.8) is 0 Å². The number of benzene rings is 2. The van der Waals surface area contributed by atoms with Crippen LogP contribution in [-0.4, -0.2) is 36.5 Å². The van der Waals surface area contributed by atoms with Gasteiger partial charge in [-0.2, -0.15) is 0 Å². The molecule has 0 amide bonds. The van der Waals surface area contributed by atoms with Crippen molar-refractivity contribution in [1.29, 1.82) is 0 Å². The number of Topliss-reactive ketones (excluding diaryl/α,β-unsaturated/α-hetero) is 1. The van der Waals surface area contributed by atoms with Gasteiger partial charge < -0.3 is 14.2 Å². The molecule has 0 atom stereocenters. The summed E-state index contributed by atoms with van der Waals surface area (Å²) >= 11 is 0. The summed E-state index contributed by atoms with van der Waals surface area (Å²) in [4.78, 5) is 34.4. The minimum atomic E-state index is -0.682. The number of hydrogen-bond donors (Lipinski definition) is 0. The molecule has 0 aliphatic heterocycles. The molecule has 8 heteroatoms. The van der Waals surface area contributed by atoms with Crippen LogP contribution in [0.3, 0.4) is 0 Å². The van der Waals surface area contributed by atoms with Gasteiger partial charge in [0.05, 0.1) is 23.7 Å². The molecule has 0 fully saturated rings. The molecular formula is C20H21NO7. The van der Waals surface area contributed by atoms with Gasteiger partial charge in [0.25, 0.3) is 5.69 Å². The predicted octanol–water partition coefficient (Wildman–Crippen LogP) is 3.82. The molecule has 0 N–H and O–H groups in total. The average molecular weight is 387 g/mol. The van der Waals surface area contributed by atoms with Crippen molar-refractivity contribution in [3.05, 3.63) is 63.7 Å². The third-order valence-corrected chi connectivity index (χ3v) is 3.68. The zero-order chi connectivity index (χ0) is 20.5. The Bertz CT molecular complexity index is 846. The van der Waals surface area contributed by atoms with Gasteiger partial charge >= 0.3 is 5.97 Å². The number of nitrogens with zero attached hydrogens (tertiary/aromatic N) is 1. The molecule has 0 unspecified atom stereocenters. The van der Waals surface area contributed by atoms with Gasteiger partial charge in [-0.1, -0.05) is 6.92 Å². The first-order chi connectivity index (χ1) is 13.5. The molecule has 8 nitrogen and oxygen atoms in total. The molecule has 0 bridgehead atoms. The van der Waals surface area contributed by atoms with Crippen molar-refractivity contribution < 1.29 is 28.7 Å². The average Bonchev–Trinajstić information content (AvgIpc) is 2.71. The maximum Gasteiger partial charge on any atom is 0.338 e. The second-order valence-corrected chi connectivity index (χ2v) is 5.75. The molecule has 0 aliphatic rings. The first kappa shape index (κ1) is 20.9. The summed E-state index contributed by atoms with van der Waals surface area (Å²) in [6.45, 7) is 4.24. The van der Waals surface area contributed by atoms with Crippen LogP contribution in [0, 0.1) is 10.1 Å². The summed E-state index contributed by atoms with van der Waals surface area (Å²) in [5.74, 6) is -0.191. The Hall–Kier alpha value is -3.42. The highest BCUT2D eigenvalue weighted by atomic mass is 16.6.